The number of halogens is 3. The van der Waals surface area contributed by atoms with Crippen LogP contribution in [0.15, 0.2) is 30.3 Å². The summed E-state index contributed by atoms with van der Waals surface area (Å²) in [6, 6.07) is 8.66. The van der Waals surface area contributed by atoms with Crippen LogP contribution in [-0.2, 0) is 4.79 Å². The van der Waals surface area contributed by atoms with E-state index >= 15 is 0 Å². The molecule has 5 heteroatoms. The molecule has 1 atom stereocenters. The molecule has 1 aromatic carbocycles. The lowest BCUT2D eigenvalue weighted by atomic mass is 9.50. The number of hydrogen-bond acceptors (Lipinski definition) is 1. The van der Waals surface area contributed by atoms with Crippen LogP contribution in [0.3, 0.4) is 0 Å². The molecule has 5 rings (SSSR count). The predicted molar refractivity (Wildman–Crippen MR) is 83.9 cm³/mol. The van der Waals surface area contributed by atoms with E-state index in [4.69, 9.17) is 0 Å². The van der Waals surface area contributed by atoms with Crippen LogP contribution in [-0.4, -0.2) is 12.1 Å². The van der Waals surface area contributed by atoms with Gasteiger partial charge in [-0.15, -0.1) is 0 Å². The zero-order chi connectivity index (χ0) is 16.9. The second-order valence-corrected chi connectivity index (χ2v) is 7.87. The summed E-state index contributed by atoms with van der Waals surface area (Å²) in [5.74, 6) is 0.702. The van der Waals surface area contributed by atoms with Crippen molar-refractivity contribution in [3.05, 3.63) is 35.9 Å². The van der Waals surface area contributed by atoms with Crippen LogP contribution in [0, 0.1) is 29.6 Å². The van der Waals surface area contributed by atoms with E-state index < -0.39 is 18.1 Å². The van der Waals surface area contributed by atoms with Gasteiger partial charge in [-0.05, 0) is 67.3 Å². The largest absolute Gasteiger partial charge is 0.471 e. The number of rotatable bonds is 3. The third-order valence-corrected chi connectivity index (χ3v) is 6.39. The summed E-state index contributed by atoms with van der Waals surface area (Å²) in [4.78, 5) is 11.6. The molecule has 4 fully saturated rings. The first-order valence-electron chi connectivity index (χ1n) is 8.84. The van der Waals surface area contributed by atoms with E-state index in [-0.39, 0.29) is 5.92 Å². The first-order valence-corrected chi connectivity index (χ1v) is 8.84. The molecule has 1 amide bonds. The lowest BCUT2D eigenvalue weighted by Crippen LogP contribution is -2.51. The lowest BCUT2D eigenvalue weighted by Gasteiger charge is -2.56. The molecule has 1 aromatic rings. The van der Waals surface area contributed by atoms with Crippen LogP contribution >= 0.6 is 0 Å². The Bertz CT molecular complexity index is 585. The quantitative estimate of drug-likeness (QED) is 0.866. The first kappa shape index (κ1) is 16.0. The van der Waals surface area contributed by atoms with Crippen molar-refractivity contribution in [1.82, 2.24) is 5.32 Å². The van der Waals surface area contributed by atoms with Gasteiger partial charge >= 0.3 is 12.1 Å². The van der Waals surface area contributed by atoms with Gasteiger partial charge in [-0.3, -0.25) is 4.79 Å². The van der Waals surface area contributed by atoms with Gasteiger partial charge in [0.25, 0.3) is 0 Å². The van der Waals surface area contributed by atoms with E-state index in [1.54, 1.807) is 0 Å². The molecular weight excluding hydrogens is 315 g/mol. The van der Waals surface area contributed by atoms with Crippen molar-refractivity contribution in [2.24, 2.45) is 29.6 Å². The van der Waals surface area contributed by atoms with Gasteiger partial charge in [-0.1, -0.05) is 30.3 Å². The molecule has 0 unspecified atom stereocenters. The van der Waals surface area contributed by atoms with E-state index in [9.17, 15) is 18.0 Å². The van der Waals surface area contributed by atoms with Gasteiger partial charge < -0.3 is 5.32 Å². The van der Waals surface area contributed by atoms with Crippen molar-refractivity contribution in [1.29, 1.82) is 0 Å². The fourth-order valence-corrected chi connectivity index (χ4v) is 5.80. The summed E-state index contributed by atoms with van der Waals surface area (Å²) in [5, 5.41) is 2.34. The average Bonchev–Trinajstić information content (AvgIpc) is 2.52. The summed E-state index contributed by atoms with van der Waals surface area (Å²) in [7, 11) is 0. The molecule has 0 spiro atoms. The maximum atomic E-state index is 12.8. The third kappa shape index (κ3) is 2.82. The van der Waals surface area contributed by atoms with Crippen molar-refractivity contribution < 1.29 is 18.0 Å². The molecule has 0 saturated heterocycles. The second kappa shape index (κ2) is 5.78. The summed E-state index contributed by atoms with van der Waals surface area (Å²) in [6.07, 6.45) is 0.918. The second-order valence-electron chi connectivity index (χ2n) is 7.87. The molecule has 4 saturated carbocycles. The van der Waals surface area contributed by atoms with Gasteiger partial charge in [0.2, 0.25) is 0 Å². The van der Waals surface area contributed by atoms with Crippen molar-refractivity contribution in [3.63, 3.8) is 0 Å². The van der Waals surface area contributed by atoms with Gasteiger partial charge in [0, 0.05) is 0 Å². The maximum absolute atomic E-state index is 12.8. The molecule has 2 nitrogen and oxygen atoms in total. The van der Waals surface area contributed by atoms with E-state index in [0.717, 1.165) is 43.1 Å². The van der Waals surface area contributed by atoms with Crippen molar-refractivity contribution >= 4 is 5.91 Å². The Morgan fingerprint density at radius 1 is 0.958 bits per heavy atom. The minimum absolute atomic E-state index is 0.131. The number of hydrogen-bond donors (Lipinski definition) is 1. The number of amides is 1. The molecule has 0 aromatic heterocycles. The van der Waals surface area contributed by atoms with Crippen LogP contribution in [0.1, 0.15) is 43.7 Å². The highest BCUT2D eigenvalue weighted by Gasteiger charge is 2.52. The lowest BCUT2D eigenvalue weighted by molar-refractivity contribution is -0.176. The van der Waals surface area contributed by atoms with Crippen LogP contribution in [0.5, 0.6) is 0 Å². The van der Waals surface area contributed by atoms with Crippen LogP contribution < -0.4 is 5.32 Å². The monoisotopic (exact) mass is 337 g/mol. The standard InChI is InChI=1S/C19H22F3NO/c20-19(21,22)18(24)23-17(13-4-2-1-3-5-13)16-14-7-11-6-12(9-14)10-15(16)8-11/h1-5,11-12,14-17H,6-10H2,(H,23,24)/t11-,12-,14?,15?,16?,17-/m1/s1. The first-order chi connectivity index (χ1) is 11.4. The molecule has 1 N–H and O–H groups in total. The van der Waals surface area contributed by atoms with Crippen LogP contribution in [0.4, 0.5) is 13.2 Å². The molecule has 4 aliphatic carbocycles. The molecule has 4 bridgehead atoms. The Kier molecular flexibility index (Phi) is 3.85. The molecule has 24 heavy (non-hydrogen) atoms. The minimum atomic E-state index is -4.83. The normalized spacial score (nSPS) is 35.7. The fourth-order valence-electron chi connectivity index (χ4n) is 5.80. The highest BCUT2D eigenvalue weighted by molar-refractivity contribution is 5.82. The van der Waals surface area contributed by atoms with Crippen molar-refractivity contribution in [2.45, 2.75) is 44.3 Å². The third-order valence-electron chi connectivity index (χ3n) is 6.39. The molecule has 4 aliphatic rings. The van der Waals surface area contributed by atoms with Gasteiger partial charge in [-0.2, -0.15) is 13.2 Å². The summed E-state index contributed by atoms with van der Waals surface area (Å²) >= 11 is 0. The Hall–Kier alpha value is -1.52. The van der Waals surface area contributed by atoms with E-state index in [0.29, 0.717) is 11.8 Å². The van der Waals surface area contributed by atoms with E-state index in [2.05, 4.69) is 5.32 Å². The Labute approximate surface area is 139 Å². The van der Waals surface area contributed by atoms with Gasteiger partial charge in [0.1, 0.15) is 0 Å². The highest BCUT2D eigenvalue weighted by Crippen LogP contribution is 2.59. The Morgan fingerprint density at radius 2 is 1.50 bits per heavy atom. The van der Waals surface area contributed by atoms with Crippen molar-refractivity contribution in [2.75, 3.05) is 0 Å². The Balaban J connectivity index is 1.64. The summed E-state index contributed by atoms with van der Waals surface area (Å²) in [5.41, 5.74) is 0.799. The number of carbonyl (C=O) groups excluding carboxylic acids is 1. The number of alkyl halides is 3. The molecule has 130 valence electrons. The molecule has 0 heterocycles. The van der Waals surface area contributed by atoms with Gasteiger partial charge in [0.05, 0.1) is 6.04 Å². The number of benzene rings is 1. The topological polar surface area (TPSA) is 29.1 Å². The Morgan fingerprint density at radius 3 is 2.00 bits per heavy atom. The SMILES string of the molecule is O=C(N[C@H](c1ccccc1)C1C2C[C@H]3CC1C[C@H](C2)C3)C(F)(F)F. The highest BCUT2D eigenvalue weighted by atomic mass is 19.4. The van der Waals surface area contributed by atoms with E-state index in [1.165, 1.54) is 6.42 Å². The molecule has 0 aliphatic heterocycles. The van der Waals surface area contributed by atoms with Gasteiger partial charge in [0.15, 0.2) is 0 Å². The smallest absolute Gasteiger partial charge is 0.341 e. The molecule has 0 radical (unpaired) electrons. The average molecular weight is 337 g/mol. The van der Waals surface area contributed by atoms with Gasteiger partial charge in [-0.25, -0.2) is 0 Å². The maximum Gasteiger partial charge on any atom is 0.471 e. The zero-order valence-corrected chi connectivity index (χ0v) is 13.4. The zero-order valence-electron chi connectivity index (χ0n) is 13.4. The van der Waals surface area contributed by atoms with Crippen LogP contribution in [0.2, 0.25) is 0 Å². The summed E-state index contributed by atoms with van der Waals surface area (Å²) in [6.45, 7) is 0. The van der Waals surface area contributed by atoms with E-state index in [1.807, 2.05) is 30.3 Å². The number of carbonyl (C=O) groups is 1. The molecular formula is C19H22F3NO. The van der Waals surface area contributed by atoms with Crippen molar-refractivity contribution in [3.8, 4) is 0 Å². The van der Waals surface area contributed by atoms with Crippen LogP contribution in [0.25, 0.3) is 0 Å². The fraction of sp³-hybridized carbons (Fsp3) is 0.632. The predicted octanol–water partition coefficient (Wildman–Crippen LogP) is 4.48. The number of nitrogens with one attached hydrogen (secondary N) is 1. The minimum Gasteiger partial charge on any atom is -0.341 e. The summed E-state index contributed by atoms with van der Waals surface area (Å²) < 4.78 is 38.5.